The first-order chi connectivity index (χ1) is 7.91. The van der Waals surface area contributed by atoms with E-state index in [1.165, 1.54) is 6.07 Å². The van der Waals surface area contributed by atoms with Crippen molar-refractivity contribution in [3.05, 3.63) is 28.7 Å². The van der Waals surface area contributed by atoms with Gasteiger partial charge in [-0.3, -0.25) is 4.79 Å². The topological polar surface area (TPSA) is 111 Å². The number of amides is 1. The number of aromatic nitrogens is 3. The highest BCUT2D eigenvalue weighted by molar-refractivity contribution is 6.00. The van der Waals surface area contributed by atoms with Gasteiger partial charge in [0, 0.05) is 5.69 Å². The quantitative estimate of drug-likeness (QED) is 0.767. The molecule has 0 aliphatic rings. The SMILES string of the molecule is Cc1cc(C(=O)O)n2nc(C)c(C(N)=O)c2n1. The van der Waals surface area contributed by atoms with Gasteiger partial charge in [-0.1, -0.05) is 0 Å². The van der Waals surface area contributed by atoms with Gasteiger partial charge in [-0.2, -0.15) is 5.10 Å². The predicted molar refractivity (Wildman–Crippen MR) is 57.9 cm³/mol. The number of aromatic carboxylic acids is 1. The summed E-state index contributed by atoms with van der Waals surface area (Å²) in [6.07, 6.45) is 0. The summed E-state index contributed by atoms with van der Waals surface area (Å²) in [6, 6.07) is 1.38. The lowest BCUT2D eigenvalue weighted by Crippen LogP contribution is -2.13. The smallest absolute Gasteiger partial charge is 0.354 e. The molecule has 17 heavy (non-hydrogen) atoms. The fourth-order valence-corrected chi connectivity index (χ4v) is 1.69. The van der Waals surface area contributed by atoms with Crippen LogP contribution >= 0.6 is 0 Å². The van der Waals surface area contributed by atoms with E-state index in [2.05, 4.69) is 10.1 Å². The zero-order chi connectivity index (χ0) is 12.7. The fourth-order valence-electron chi connectivity index (χ4n) is 1.69. The summed E-state index contributed by atoms with van der Waals surface area (Å²) in [6.45, 7) is 3.22. The Morgan fingerprint density at radius 1 is 1.41 bits per heavy atom. The average molecular weight is 234 g/mol. The van der Waals surface area contributed by atoms with E-state index in [-0.39, 0.29) is 16.9 Å². The molecule has 2 aromatic rings. The van der Waals surface area contributed by atoms with E-state index in [0.29, 0.717) is 11.4 Å². The number of carboxylic acids is 1. The van der Waals surface area contributed by atoms with Gasteiger partial charge < -0.3 is 10.8 Å². The largest absolute Gasteiger partial charge is 0.477 e. The van der Waals surface area contributed by atoms with Gasteiger partial charge >= 0.3 is 5.97 Å². The standard InChI is InChI=1S/C10H10N4O3/c1-4-3-6(10(16)17)14-9(12-4)7(8(11)15)5(2)13-14/h3H,1-2H3,(H2,11,15)(H,16,17). The predicted octanol–water partition coefficient (Wildman–Crippen LogP) is 0.143. The van der Waals surface area contributed by atoms with Gasteiger partial charge in [0.05, 0.1) is 5.69 Å². The lowest BCUT2D eigenvalue weighted by molar-refractivity contribution is 0.0686. The van der Waals surface area contributed by atoms with Crippen molar-refractivity contribution < 1.29 is 14.7 Å². The van der Waals surface area contributed by atoms with Crippen LogP contribution in [0.5, 0.6) is 0 Å². The molecule has 88 valence electrons. The summed E-state index contributed by atoms with van der Waals surface area (Å²) < 4.78 is 1.12. The molecular formula is C10H10N4O3. The Balaban J connectivity index is 2.94. The molecule has 0 fully saturated rings. The van der Waals surface area contributed by atoms with Crippen molar-refractivity contribution in [2.75, 3.05) is 0 Å². The molecule has 2 rings (SSSR count). The molecule has 7 nitrogen and oxygen atoms in total. The first kappa shape index (κ1) is 11.1. The van der Waals surface area contributed by atoms with Crippen LogP contribution in [-0.4, -0.2) is 31.6 Å². The van der Waals surface area contributed by atoms with Gasteiger partial charge in [0.2, 0.25) is 0 Å². The third-order valence-corrected chi connectivity index (χ3v) is 2.36. The van der Waals surface area contributed by atoms with Crippen LogP contribution in [-0.2, 0) is 0 Å². The van der Waals surface area contributed by atoms with Crippen LogP contribution in [0.3, 0.4) is 0 Å². The molecule has 3 N–H and O–H groups in total. The number of carbonyl (C=O) groups is 2. The van der Waals surface area contributed by atoms with Crippen molar-refractivity contribution >= 4 is 17.5 Å². The van der Waals surface area contributed by atoms with E-state index in [1.807, 2.05) is 0 Å². The number of primary amides is 1. The third-order valence-electron chi connectivity index (χ3n) is 2.36. The maximum Gasteiger partial charge on any atom is 0.354 e. The fraction of sp³-hybridized carbons (Fsp3) is 0.200. The minimum Gasteiger partial charge on any atom is -0.477 e. The lowest BCUT2D eigenvalue weighted by Gasteiger charge is -2.01. The zero-order valence-corrected chi connectivity index (χ0v) is 9.26. The number of nitrogens with two attached hydrogens (primary N) is 1. The van der Waals surface area contributed by atoms with Gasteiger partial charge in [0.15, 0.2) is 11.3 Å². The minimum atomic E-state index is -1.14. The zero-order valence-electron chi connectivity index (χ0n) is 9.26. The molecule has 0 atom stereocenters. The Bertz CT molecular complexity index is 645. The summed E-state index contributed by atoms with van der Waals surface area (Å²) in [5, 5.41) is 13.0. The van der Waals surface area contributed by atoms with E-state index < -0.39 is 11.9 Å². The Morgan fingerprint density at radius 2 is 2.06 bits per heavy atom. The Kier molecular flexibility index (Phi) is 2.31. The Hall–Kier alpha value is -2.44. The molecule has 0 aliphatic carbocycles. The van der Waals surface area contributed by atoms with Crippen molar-refractivity contribution in [2.24, 2.45) is 5.73 Å². The monoisotopic (exact) mass is 234 g/mol. The number of rotatable bonds is 2. The molecule has 0 aromatic carbocycles. The first-order valence-corrected chi connectivity index (χ1v) is 4.82. The summed E-state index contributed by atoms with van der Waals surface area (Å²) in [5.41, 5.74) is 6.33. The molecule has 2 heterocycles. The van der Waals surface area contributed by atoms with Gasteiger partial charge in [0.1, 0.15) is 5.56 Å². The van der Waals surface area contributed by atoms with E-state index in [0.717, 1.165) is 4.52 Å². The normalized spacial score (nSPS) is 10.7. The third kappa shape index (κ3) is 1.61. The molecule has 2 aromatic heterocycles. The summed E-state index contributed by atoms with van der Waals surface area (Å²) >= 11 is 0. The molecule has 0 spiro atoms. The number of aryl methyl sites for hydroxylation is 2. The lowest BCUT2D eigenvalue weighted by atomic mass is 10.2. The van der Waals surface area contributed by atoms with Crippen LogP contribution in [0.15, 0.2) is 6.07 Å². The molecule has 0 unspecified atom stereocenters. The highest BCUT2D eigenvalue weighted by Gasteiger charge is 2.20. The Morgan fingerprint density at radius 3 is 2.59 bits per heavy atom. The van der Waals surface area contributed by atoms with E-state index in [1.54, 1.807) is 13.8 Å². The molecule has 0 saturated carbocycles. The van der Waals surface area contributed by atoms with Crippen LogP contribution in [0.2, 0.25) is 0 Å². The van der Waals surface area contributed by atoms with Gasteiger partial charge in [-0.25, -0.2) is 14.3 Å². The van der Waals surface area contributed by atoms with E-state index in [4.69, 9.17) is 10.8 Å². The number of carboxylic acid groups (broad SMARTS) is 1. The maximum absolute atomic E-state index is 11.3. The molecule has 0 saturated heterocycles. The van der Waals surface area contributed by atoms with Crippen molar-refractivity contribution in [1.82, 2.24) is 14.6 Å². The molecule has 7 heteroatoms. The van der Waals surface area contributed by atoms with Crippen LogP contribution in [0, 0.1) is 13.8 Å². The van der Waals surface area contributed by atoms with Crippen molar-refractivity contribution in [3.63, 3.8) is 0 Å². The van der Waals surface area contributed by atoms with Crippen LogP contribution in [0.4, 0.5) is 0 Å². The van der Waals surface area contributed by atoms with Crippen LogP contribution < -0.4 is 5.73 Å². The number of fused-ring (bicyclic) bond motifs is 1. The first-order valence-electron chi connectivity index (χ1n) is 4.82. The maximum atomic E-state index is 11.3. The second-order valence-corrected chi connectivity index (χ2v) is 3.65. The van der Waals surface area contributed by atoms with Crippen molar-refractivity contribution in [2.45, 2.75) is 13.8 Å². The highest BCUT2D eigenvalue weighted by atomic mass is 16.4. The van der Waals surface area contributed by atoms with E-state index >= 15 is 0 Å². The molecule has 0 radical (unpaired) electrons. The van der Waals surface area contributed by atoms with E-state index in [9.17, 15) is 9.59 Å². The van der Waals surface area contributed by atoms with Gasteiger partial charge in [-0.15, -0.1) is 0 Å². The highest BCUT2D eigenvalue weighted by Crippen LogP contribution is 2.15. The van der Waals surface area contributed by atoms with Crippen LogP contribution in [0.1, 0.15) is 32.2 Å². The number of nitrogens with zero attached hydrogens (tertiary/aromatic N) is 3. The number of hydrogen-bond donors (Lipinski definition) is 2. The van der Waals surface area contributed by atoms with Crippen molar-refractivity contribution in [3.8, 4) is 0 Å². The second kappa shape index (κ2) is 3.55. The van der Waals surface area contributed by atoms with Gasteiger partial charge in [0.25, 0.3) is 5.91 Å². The molecule has 0 bridgehead atoms. The average Bonchev–Trinajstić information content (AvgIpc) is 2.52. The number of hydrogen-bond acceptors (Lipinski definition) is 4. The number of carbonyl (C=O) groups excluding carboxylic acids is 1. The Labute approximate surface area is 95.9 Å². The van der Waals surface area contributed by atoms with Crippen LogP contribution in [0.25, 0.3) is 5.65 Å². The summed E-state index contributed by atoms with van der Waals surface area (Å²) in [7, 11) is 0. The molecular weight excluding hydrogens is 224 g/mol. The summed E-state index contributed by atoms with van der Waals surface area (Å²) in [5.74, 6) is -1.81. The van der Waals surface area contributed by atoms with Crippen molar-refractivity contribution in [1.29, 1.82) is 0 Å². The molecule has 0 aliphatic heterocycles. The van der Waals surface area contributed by atoms with Gasteiger partial charge in [-0.05, 0) is 19.9 Å². The second-order valence-electron chi connectivity index (χ2n) is 3.65. The summed E-state index contributed by atoms with van der Waals surface area (Å²) in [4.78, 5) is 26.4. The molecule has 1 amide bonds. The minimum absolute atomic E-state index is 0.0527.